The minimum atomic E-state index is -0.526. The summed E-state index contributed by atoms with van der Waals surface area (Å²) < 4.78 is 3.51. The minimum absolute atomic E-state index is 0.0138. The van der Waals surface area contributed by atoms with Crippen molar-refractivity contribution in [2.75, 3.05) is 0 Å². The summed E-state index contributed by atoms with van der Waals surface area (Å²) in [6.45, 7) is -0.0736. The van der Waals surface area contributed by atoms with Gasteiger partial charge in [0, 0.05) is 14.1 Å². The third-order valence-electron chi connectivity index (χ3n) is 2.52. The molecular formula is C9H8ClN5O2. The number of halogens is 1. The lowest BCUT2D eigenvalue weighted by Gasteiger charge is -2.05. The van der Waals surface area contributed by atoms with E-state index in [1.54, 1.807) is 0 Å². The van der Waals surface area contributed by atoms with Crippen LogP contribution in [0.4, 0.5) is 0 Å². The highest BCUT2D eigenvalue weighted by molar-refractivity contribution is 6.29. The van der Waals surface area contributed by atoms with Crippen LogP contribution in [0.3, 0.4) is 0 Å². The van der Waals surface area contributed by atoms with E-state index in [2.05, 4.69) is 4.98 Å². The van der Waals surface area contributed by atoms with Crippen molar-refractivity contribution in [1.82, 2.24) is 18.7 Å². The standard InChI is InChI=1S/C9H8ClN5O2/c1-13-6-5(7(16)14(2)9(13)17)12-8(10)15(6)4-3-11/h4H2,1-2H3. The smallest absolute Gasteiger partial charge is 0.286 e. The second-order valence-electron chi connectivity index (χ2n) is 3.50. The molecule has 7 nitrogen and oxygen atoms in total. The van der Waals surface area contributed by atoms with Crippen molar-refractivity contribution in [1.29, 1.82) is 5.26 Å². The van der Waals surface area contributed by atoms with E-state index in [1.807, 2.05) is 6.07 Å². The van der Waals surface area contributed by atoms with Gasteiger partial charge in [0.2, 0.25) is 5.28 Å². The van der Waals surface area contributed by atoms with Crippen LogP contribution in [0.15, 0.2) is 9.59 Å². The topological polar surface area (TPSA) is 85.6 Å². The van der Waals surface area contributed by atoms with E-state index in [4.69, 9.17) is 16.9 Å². The summed E-state index contributed by atoms with van der Waals surface area (Å²) in [6.07, 6.45) is 0. The van der Waals surface area contributed by atoms with E-state index in [1.165, 1.54) is 23.2 Å². The van der Waals surface area contributed by atoms with E-state index >= 15 is 0 Å². The van der Waals surface area contributed by atoms with Gasteiger partial charge in [-0.2, -0.15) is 5.26 Å². The normalized spacial score (nSPS) is 10.7. The fraction of sp³-hybridized carbons (Fsp3) is 0.333. The van der Waals surface area contributed by atoms with Crippen LogP contribution < -0.4 is 11.2 Å². The van der Waals surface area contributed by atoms with Crippen molar-refractivity contribution in [3.05, 3.63) is 26.1 Å². The Hall–Kier alpha value is -2.07. The molecule has 0 aliphatic carbocycles. The fourth-order valence-electron chi connectivity index (χ4n) is 1.67. The van der Waals surface area contributed by atoms with Gasteiger partial charge in [0.25, 0.3) is 5.56 Å². The molecule has 2 aromatic rings. The van der Waals surface area contributed by atoms with Crippen LogP contribution in [-0.4, -0.2) is 18.7 Å². The molecule has 2 heterocycles. The highest BCUT2D eigenvalue weighted by Crippen LogP contribution is 2.14. The summed E-state index contributed by atoms with van der Waals surface area (Å²) in [6, 6.07) is 1.90. The molecule has 17 heavy (non-hydrogen) atoms. The van der Waals surface area contributed by atoms with Crippen LogP contribution in [0.25, 0.3) is 11.2 Å². The van der Waals surface area contributed by atoms with Crippen molar-refractivity contribution in [3.63, 3.8) is 0 Å². The SMILES string of the molecule is Cn1c(=O)c2nc(Cl)n(CC#N)c2n(C)c1=O. The molecule has 2 aromatic heterocycles. The van der Waals surface area contributed by atoms with Crippen molar-refractivity contribution < 1.29 is 0 Å². The quantitative estimate of drug-likeness (QED) is 0.648. The third kappa shape index (κ3) is 1.45. The molecule has 0 radical (unpaired) electrons. The number of rotatable bonds is 1. The van der Waals surface area contributed by atoms with Gasteiger partial charge in [-0.05, 0) is 11.6 Å². The summed E-state index contributed by atoms with van der Waals surface area (Å²) in [5, 5.41) is 8.69. The van der Waals surface area contributed by atoms with Crippen LogP contribution >= 0.6 is 11.6 Å². The number of aromatic nitrogens is 4. The van der Waals surface area contributed by atoms with Gasteiger partial charge in [0.05, 0.1) is 6.07 Å². The fourth-order valence-corrected chi connectivity index (χ4v) is 1.90. The monoisotopic (exact) mass is 253 g/mol. The van der Waals surface area contributed by atoms with Crippen LogP contribution in [-0.2, 0) is 20.6 Å². The first-order valence-electron chi connectivity index (χ1n) is 4.67. The van der Waals surface area contributed by atoms with Gasteiger partial charge in [-0.1, -0.05) is 0 Å². The third-order valence-corrected chi connectivity index (χ3v) is 2.81. The molecule has 0 bridgehead atoms. The lowest BCUT2D eigenvalue weighted by molar-refractivity contribution is 0.692. The molecule has 0 spiro atoms. The summed E-state index contributed by atoms with van der Waals surface area (Å²) >= 11 is 5.83. The largest absolute Gasteiger partial charge is 0.332 e. The predicted octanol–water partition coefficient (Wildman–Crippen LogP) is -0.389. The Morgan fingerprint density at radius 3 is 2.59 bits per heavy atom. The molecule has 2 rings (SSSR count). The number of hydrogen-bond acceptors (Lipinski definition) is 4. The number of fused-ring (bicyclic) bond motifs is 1. The molecule has 0 unspecified atom stereocenters. The lowest BCUT2D eigenvalue weighted by atomic mass is 10.5. The van der Waals surface area contributed by atoms with Gasteiger partial charge in [0.15, 0.2) is 11.2 Å². The Kier molecular flexibility index (Phi) is 2.52. The van der Waals surface area contributed by atoms with Gasteiger partial charge in [-0.3, -0.25) is 18.5 Å². The van der Waals surface area contributed by atoms with Crippen LogP contribution in [0, 0.1) is 11.3 Å². The first-order valence-corrected chi connectivity index (χ1v) is 5.05. The summed E-state index contributed by atoms with van der Waals surface area (Å²) in [4.78, 5) is 27.4. The molecule has 0 atom stereocenters. The Labute approximate surface area is 100 Å². The second kappa shape index (κ2) is 3.75. The van der Waals surface area contributed by atoms with Crippen LogP contribution in [0.5, 0.6) is 0 Å². The van der Waals surface area contributed by atoms with Gasteiger partial charge in [-0.25, -0.2) is 9.78 Å². The van der Waals surface area contributed by atoms with Crippen LogP contribution in [0.2, 0.25) is 5.28 Å². The number of nitriles is 1. The average molecular weight is 254 g/mol. The zero-order valence-corrected chi connectivity index (χ0v) is 9.89. The maximum absolute atomic E-state index is 11.8. The molecule has 0 fully saturated rings. The lowest BCUT2D eigenvalue weighted by Crippen LogP contribution is -2.37. The highest BCUT2D eigenvalue weighted by atomic mass is 35.5. The maximum Gasteiger partial charge on any atom is 0.332 e. The second-order valence-corrected chi connectivity index (χ2v) is 3.84. The zero-order chi connectivity index (χ0) is 12.7. The molecule has 0 aliphatic rings. The van der Waals surface area contributed by atoms with Gasteiger partial charge < -0.3 is 0 Å². The van der Waals surface area contributed by atoms with Crippen molar-refractivity contribution in [3.8, 4) is 6.07 Å². The molecule has 0 N–H and O–H groups in total. The van der Waals surface area contributed by atoms with E-state index in [0.717, 1.165) is 4.57 Å². The summed E-state index contributed by atoms with van der Waals surface area (Å²) in [5.74, 6) is 0. The summed E-state index contributed by atoms with van der Waals surface area (Å²) in [5.41, 5.74) is -0.681. The Morgan fingerprint density at radius 1 is 1.35 bits per heavy atom. The molecule has 0 aliphatic heterocycles. The number of nitrogens with zero attached hydrogens (tertiary/aromatic N) is 5. The molecule has 8 heteroatoms. The molecule has 0 amide bonds. The van der Waals surface area contributed by atoms with E-state index in [0.29, 0.717) is 0 Å². The number of hydrogen-bond donors (Lipinski definition) is 0. The Bertz CT molecular complexity index is 761. The van der Waals surface area contributed by atoms with Gasteiger partial charge in [0.1, 0.15) is 6.54 Å². The highest BCUT2D eigenvalue weighted by Gasteiger charge is 2.17. The van der Waals surface area contributed by atoms with Crippen molar-refractivity contribution >= 4 is 22.8 Å². The van der Waals surface area contributed by atoms with Crippen molar-refractivity contribution in [2.45, 2.75) is 6.54 Å². The van der Waals surface area contributed by atoms with Gasteiger partial charge in [-0.15, -0.1) is 0 Å². The van der Waals surface area contributed by atoms with E-state index in [-0.39, 0.29) is 23.0 Å². The molecule has 88 valence electrons. The minimum Gasteiger partial charge on any atom is -0.286 e. The maximum atomic E-state index is 11.8. The number of imidazole rings is 1. The number of aryl methyl sites for hydroxylation is 1. The molecular weight excluding hydrogens is 246 g/mol. The average Bonchev–Trinajstić information content (AvgIpc) is 2.62. The summed E-state index contributed by atoms with van der Waals surface area (Å²) in [7, 11) is 2.86. The van der Waals surface area contributed by atoms with Crippen molar-refractivity contribution in [2.24, 2.45) is 14.1 Å². The van der Waals surface area contributed by atoms with E-state index < -0.39 is 11.2 Å². The first kappa shape index (κ1) is 11.4. The Balaban J connectivity index is 3.09. The molecule has 0 aromatic carbocycles. The molecule has 0 saturated heterocycles. The van der Waals surface area contributed by atoms with E-state index in [9.17, 15) is 9.59 Å². The predicted molar refractivity (Wildman–Crippen MR) is 60.8 cm³/mol. The first-order chi connectivity index (χ1) is 7.99. The van der Waals surface area contributed by atoms with Gasteiger partial charge >= 0.3 is 5.69 Å². The molecule has 0 saturated carbocycles. The van der Waals surface area contributed by atoms with Crippen LogP contribution in [0.1, 0.15) is 0 Å². The Morgan fingerprint density at radius 2 is 2.00 bits per heavy atom. The zero-order valence-electron chi connectivity index (χ0n) is 9.14.